The third-order valence-corrected chi connectivity index (χ3v) is 7.14. The third kappa shape index (κ3) is 3.69. The molecule has 2 atom stereocenters. The molecule has 5 aromatic rings. The maximum atomic E-state index is 5.87. The number of thiocarbonyl (C=S) groups is 1. The summed E-state index contributed by atoms with van der Waals surface area (Å²) in [6, 6.07) is 33.4. The summed E-state index contributed by atoms with van der Waals surface area (Å²) in [7, 11) is 0. The fourth-order valence-corrected chi connectivity index (χ4v) is 5.34. The van der Waals surface area contributed by atoms with Crippen LogP contribution in [0.3, 0.4) is 0 Å². The molecule has 166 valence electrons. The van der Waals surface area contributed by atoms with Gasteiger partial charge >= 0.3 is 0 Å². The van der Waals surface area contributed by atoms with Gasteiger partial charge in [0.25, 0.3) is 0 Å². The van der Waals surface area contributed by atoms with E-state index in [2.05, 4.69) is 115 Å². The van der Waals surface area contributed by atoms with E-state index in [4.69, 9.17) is 12.2 Å². The van der Waals surface area contributed by atoms with Crippen molar-refractivity contribution in [3.05, 3.63) is 125 Å². The normalized spacial score (nSPS) is 17.8. The summed E-state index contributed by atoms with van der Waals surface area (Å²) >= 11 is 9.43. The fraction of sp³-hybridized carbons (Fsp3) is 0.0714. The van der Waals surface area contributed by atoms with Crippen molar-refractivity contribution in [1.82, 2.24) is 14.9 Å². The molecule has 3 aromatic carbocycles. The average molecular weight is 525 g/mol. The number of fused-ring (bicyclic) bond motifs is 1. The minimum Gasteiger partial charge on any atom is -0.351 e. The topological polar surface area (TPSA) is 33.1 Å². The van der Waals surface area contributed by atoms with Gasteiger partial charge in [0.05, 0.1) is 11.7 Å². The second kappa shape index (κ2) is 8.70. The molecule has 1 aliphatic heterocycles. The van der Waals surface area contributed by atoms with Crippen LogP contribution in [-0.2, 0) is 0 Å². The SMILES string of the molecule is S=C1N[C@@H](c2ccccn2)[C@@H](c2cccn2-c2ccc3ccccc3c2)N1c1ccc(Br)cc1. The maximum absolute atomic E-state index is 5.87. The molecule has 1 fully saturated rings. The predicted molar refractivity (Wildman–Crippen MR) is 145 cm³/mol. The van der Waals surface area contributed by atoms with Crippen LogP contribution in [0.5, 0.6) is 0 Å². The summed E-state index contributed by atoms with van der Waals surface area (Å²) in [4.78, 5) is 6.88. The monoisotopic (exact) mass is 524 g/mol. The van der Waals surface area contributed by atoms with E-state index in [1.165, 1.54) is 10.8 Å². The van der Waals surface area contributed by atoms with Crippen molar-refractivity contribution in [2.45, 2.75) is 12.1 Å². The zero-order valence-corrected chi connectivity index (χ0v) is 20.6. The van der Waals surface area contributed by atoms with Crippen molar-refractivity contribution in [3.63, 3.8) is 0 Å². The Morgan fingerprint density at radius 3 is 2.35 bits per heavy atom. The highest BCUT2D eigenvalue weighted by atomic mass is 79.9. The molecular formula is C28H21BrN4S. The summed E-state index contributed by atoms with van der Waals surface area (Å²) in [6.45, 7) is 0. The lowest BCUT2D eigenvalue weighted by Crippen LogP contribution is -2.30. The molecule has 4 nitrogen and oxygen atoms in total. The Hall–Kier alpha value is -3.48. The highest BCUT2D eigenvalue weighted by Gasteiger charge is 2.42. The van der Waals surface area contributed by atoms with Crippen molar-refractivity contribution >= 4 is 49.7 Å². The summed E-state index contributed by atoms with van der Waals surface area (Å²) in [5.41, 5.74) is 4.25. The Balaban J connectivity index is 1.51. The number of benzene rings is 3. The van der Waals surface area contributed by atoms with Crippen LogP contribution in [0.15, 0.2) is 114 Å². The molecule has 34 heavy (non-hydrogen) atoms. The van der Waals surface area contributed by atoms with Crippen molar-refractivity contribution in [2.75, 3.05) is 4.90 Å². The van der Waals surface area contributed by atoms with Gasteiger partial charge in [-0.1, -0.05) is 52.3 Å². The van der Waals surface area contributed by atoms with Gasteiger partial charge in [0, 0.05) is 33.9 Å². The molecule has 0 spiro atoms. The van der Waals surface area contributed by atoms with Crippen LogP contribution in [0.2, 0.25) is 0 Å². The Kier molecular flexibility index (Phi) is 5.40. The number of nitrogens with one attached hydrogen (secondary N) is 1. The van der Waals surface area contributed by atoms with E-state index in [1.54, 1.807) is 0 Å². The molecule has 1 aliphatic rings. The van der Waals surface area contributed by atoms with E-state index in [1.807, 2.05) is 30.5 Å². The van der Waals surface area contributed by atoms with Crippen LogP contribution in [0.1, 0.15) is 23.5 Å². The van der Waals surface area contributed by atoms with E-state index in [9.17, 15) is 0 Å². The standard InChI is InChI=1S/C28H21BrN4S/c29-21-11-14-22(15-12-21)33-27(26(31-28(33)34)24-8-3-4-16-30-24)25-9-5-17-32(25)23-13-10-19-6-1-2-7-20(19)18-23/h1-18,26-27H,(H,31,34)/t26-,27+/m0/s1. The van der Waals surface area contributed by atoms with E-state index in [0.29, 0.717) is 5.11 Å². The van der Waals surface area contributed by atoms with Gasteiger partial charge in [0.1, 0.15) is 6.04 Å². The van der Waals surface area contributed by atoms with Gasteiger partial charge in [-0.25, -0.2) is 0 Å². The molecule has 0 radical (unpaired) electrons. The second-order valence-electron chi connectivity index (χ2n) is 8.31. The first kappa shape index (κ1) is 21.1. The Labute approximate surface area is 212 Å². The van der Waals surface area contributed by atoms with Gasteiger partial charge in [-0.05, 0) is 83.7 Å². The van der Waals surface area contributed by atoms with E-state index >= 15 is 0 Å². The number of aromatic nitrogens is 2. The minimum absolute atomic E-state index is 0.0787. The Bertz CT molecular complexity index is 1480. The molecule has 0 unspecified atom stereocenters. The Morgan fingerprint density at radius 2 is 1.56 bits per heavy atom. The van der Waals surface area contributed by atoms with Crippen LogP contribution in [0.4, 0.5) is 5.69 Å². The van der Waals surface area contributed by atoms with Crippen LogP contribution >= 0.6 is 28.1 Å². The lowest BCUT2D eigenvalue weighted by Gasteiger charge is -2.29. The highest BCUT2D eigenvalue weighted by Crippen LogP contribution is 2.42. The average Bonchev–Trinajstić information content (AvgIpc) is 3.49. The number of pyridine rings is 1. The van der Waals surface area contributed by atoms with E-state index < -0.39 is 0 Å². The number of hydrogen-bond donors (Lipinski definition) is 1. The smallest absolute Gasteiger partial charge is 0.174 e. The van der Waals surface area contributed by atoms with Gasteiger partial charge in [0.15, 0.2) is 5.11 Å². The maximum Gasteiger partial charge on any atom is 0.174 e. The Morgan fingerprint density at radius 1 is 0.794 bits per heavy atom. The lowest BCUT2D eigenvalue weighted by molar-refractivity contribution is 0.549. The summed E-state index contributed by atoms with van der Waals surface area (Å²) in [5.74, 6) is 0. The van der Waals surface area contributed by atoms with Gasteiger partial charge in [-0.2, -0.15) is 0 Å². The number of anilines is 1. The lowest BCUT2D eigenvalue weighted by atomic mass is 10.0. The summed E-state index contributed by atoms with van der Waals surface area (Å²) < 4.78 is 3.29. The van der Waals surface area contributed by atoms with E-state index in [-0.39, 0.29) is 12.1 Å². The van der Waals surface area contributed by atoms with E-state index in [0.717, 1.165) is 27.2 Å². The molecule has 1 N–H and O–H groups in total. The molecule has 0 bridgehead atoms. The largest absolute Gasteiger partial charge is 0.351 e. The number of nitrogens with zero attached hydrogens (tertiary/aromatic N) is 3. The zero-order valence-electron chi connectivity index (χ0n) is 18.2. The third-order valence-electron chi connectivity index (χ3n) is 6.30. The van der Waals surface area contributed by atoms with Crippen molar-refractivity contribution in [3.8, 4) is 5.69 Å². The van der Waals surface area contributed by atoms with Gasteiger partial charge < -0.3 is 14.8 Å². The van der Waals surface area contributed by atoms with Gasteiger partial charge in [-0.3, -0.25) is 4.98 Å². The number of halogens is 1. The van der Waals surface area contributed by atoms with Gasteiger partial charge in [-0.15, -0.1) is 0 Å². The predicted octanol–water partition coefficient (Wildman–Crippen LogP) is 6.97. The summed E-state index contributed by atoms with van der Waals surface area (Å²) in [6.07, 6.45) is 3.96. The van der Waals surface area contributed by atoms with Gasteiger partial charge in [0.2, 0.25) is 0 Å². The van der Waals surface area contributed by atoms with Crippen LogP contribution in [-0.4, -0.2) is 14.7 Å². The zero-order chi connectivity index (χ0) is 23.1. The first-order chi connectivity index (χ1) is 16.7. The van der Waals surface area contributed by atoms with Crippen molar-refractivity contribution < 1.29 is 0 Å². The van der Waals surface area contributed by atoms with Crippen LogP contribution in [0, 0.1) is 0 Å². The fourth-order valence-electron chi connectivity index (χ4n) is 4.73. The molecule has 0 amide bonds. The number of rotatable bonds is 4. The first-order valence-corrected chi connectivity index (χ1v) is 12.3. The first-order valence-electron chi connectivity index (χ1n) is 11.1. The molecule has 6 heteroatoms. The van der Waals surface area contributed by atoms with Crippen LogP contribution < -0.4 is 10.2 Å². The molecule has 1 saturated heterocycles. The molecular weight excluding hydrogens is 504 g/mol. The molecule has 0 aliphatic carbocycles. The quantitative estimate of drug-likeness (QED) is 0.257. The van der Waals surface area contributed by atoms with Crippen molar-refractivity contribution in [1.29, 1.82) is 0 Å². The highest BCUT2D eigenvalue weighted by molar-refractivity contribution is 9.10. The second-order valence-corrected chi connectivity index (χ2v) is 9.61. The van der Waals surface area contributed by atoms with Crippen molar-refractivity contribution in [2.24, 2.45) is 0 Å². The molecule has 3 heterocycles. The molecule has 6 rings (SSSR count). The molecule has 0 saturated carbocycles. The molecule has 2 aromatic heterocycles. The number of hydrogen-bond acceptors (Lipinski definition) is 2. The summed E-state index contributed by atoms with van der Waals surface area (Å²) in [5, 5.41) is 6.68. The minimum atomic E-state index is -0.0912. The van der Waals surface area contributed by atoms with Crippen LogP contribution in [0.25, 0.3) is 16.5 Å².